The third kappa shape index (κ3) is 2.82. The molecule has 1 unspecified atom stereocenters. The molecule has 0 amide bonds. The quantitative estimate of drug-likeness (QED) is 0.702. The molecular weight excluding hydrogens is 180 g/mol. The fourth-order valence-corrected chi connectivity index (χ4v) is 1.35. The first-order chi connectivity index (χ1) is 6.79. The van der Waals surface area contributed by atoms with E-state index < -0.39 is 6.10 Å². The van der Waals surface area contributed by atoms with Crippen molar-refractivity contribution < 1.29 is 9.84 Å². The largest absolute Gasteiger partial charge is 0.385 e. The number of imidazole rings is 1. The number of ether oxygens (including phenoxy) is 1. The Balaban J connectivity index is 2.47. The summed E-state index contributed by atoms with van der Waals surface area (Å²) in [7, 11) is 0. The van der Waals surface area contributed by atoms with Crippen LogP contribution in [0.1, 0.15) is 32.2 Å². The summed E-state index contributed by atoms with van der Waals surface area (Å²) in [5.41, 5.74) is 0. The molecule has 4 nitrogen and oxygen atoms in total. The first-order valence-electron chi connectivity index (χ1n) is 5.06. The van der Waals surface area contributed by atoms with Gasteiger partial charge in [0.15, 0.2) is 0 Å². The van der Waals surface area contributed by atoms with Crippen LogP contribution in [0.4, 0.5) is 0 Å². The highest BCUT2D eigenvalue weighted by Crippen LogP contribution is 2.14. The highest BCUT2D eigenvalue weighted by Gasteiger charge is 2.12. The van der Waals surface area contributed by atoms with Crippen LogP contribution in [0.15, 0.2) is 12.4 Å². The van der Waals surface area contributed by atoms with Crippen molar-refractivity contribution in [2.75, 3.05) is 13.2 Å². The third-order valence-electron chi connectivity index (χ3n) is 2.13. The first kappa shape index (κ1) is 11.2. The normalized spacial score (nSPS) is 13.1. The second-order valence-corrected chi connectivity index (χ2v) is 3.07. The molecule has 0 radical (unpaired) electrons. The van der Waals surface area contributed by atoms with Crippen molar-refractivity contribution in [3.63, 3.8) is 0 Å². The van der Waals surface area contributed by atoms with Crippen molar-refractivity contribution in [3.8, 4) is 0 Å². The molecule has 1 atom stereocenters. The molecule has 0 aromatic carbocycles. The van der Waals surface area contributed by atoms with E-state index in [1.165, 1.54) is 0 Å². The molecule has 0 saturated carbocycles. The van der Waals surface area contributed by atoms with E-state index in [9.17, 15) is 5.11 Å². The number of aliphatic hydroxyl groups is 1. The highest BCUT2D eigenvalue weighted by molar-refractivity contribution is 4.96. The Morgan fingerprint density at radius 1 is 1.57 bits per heavy atom. The average molecular weight is 198 g/mol. The van der Waals surface area contributed by atoms with Crippen molar-refractivity contribution in [2.24, 2.45) is 0 Å². The van der Waals surface area contributed by atoms with Crippen LogP contribution < -0.4 is 0 Å². The van der Waals surface area contributed by atoms with Gasteiger partial charge in [0, 0.05) is 38.6 Å². The highest BCUT2D eigenvalue weighted by atomic mass is 16.5. The minimum absolute atomic E-state index is 0.517. The molecule has 0 saturated heterocycles. The van der Waals surface area contributed by atoms with Gasteiger partial charge >= 0.3 is 0 Å². The summed E-state index contributed by atoms with van der Waals surface area (Å²) < 4.78 is 7.12. The topological polar surface area (TPSA) is 47.3 Å². The maximum atomic E-state index is 9.78. The van der Waals surface area contributed by atoms with E-state index in [1.807, 2.05) is 24.6 Å². The standard InChI is InChI=1S/C10H18N2O2/c1-3-12-7-6-11-10(12)9(13)5-8-14-4-2/h6-7,9,13H,3-5,8H2,1-2H3. The van der Waals surface area contributed by atoms with Gasteiger partial charge in [0.2, 0.25) is 0 Å². The molecular formula is C10H18N2O2. The second kappa shape index (κ2) is 5.78. The van der Waals surface area contributed by atoms with Gasteiger partial charge in [-0.1, -0.05) is 0 Å². The monoisotopic (exact) mass is 198 g/mol. The average Bonchev–Trinajstić information content (AvgIpc) is 2.65. The SMILES string of the molecule is CCOCCC(O)c1nccn1CC. The Labute approximate surface area is 84.5 Å². The zero-order chi connectivity index (χ0) is 10.4. The van der Waals surface area contributed by atoms with E-state index in [0.29, 0.717) is 19.6 Å². The van der Waals surface area contributed by atoms with Crippen molar-refractivity contribution in [1.29, 1.82) is 0 Å². The molecule has 1 heterocycles. The summed E-state index contributed by atoms with van der Waals surface area (Å²) in [6, 6.07) is 0. The molecule has 1 rings (SSSR count). The van der Waals surface area contributed by atoms with Crippen molar-refractivity contribution in [2.45, 2.75) is 32.9 Å². The third-order valence-corrected chi connectivity index (χ3v) is 2.13. The van der Waals surface area contributed by atoms with Gasteiger partial charge in [-0.2, -0.15) is 0 Å². The molecule has 4 heteroatoms. The molecule has 1 N–H and O–H groups in total. The lowest BCUT2D eigenvalue weighted by atomic mass is 10.2. The van der Waals surface area contributed by atoms with Crippen LogP contribution in [0.25, 0.3) is 0 Å². The van der Waals surface area contributed by atoms with Gasteiger partial charge in [0.25, 0.3) is 0 Å². The summed E-state index contributed by atoms with van der Waals surface area (Å²) in [5, 5.41) is 9.78. The van der Waals surface area contributed by atoms with Crippen LogP contribution in [-0.2, 0) is 11.3 Å². The Kier molecular flexibility index (Phi) is 4.62. The van der Waals surface area contributed by atoms with Crippen molar-refractivity contribution in [1.82, 2.24) is 9.55 Å². The van der Waals surface area contributed by atoms with Crippen molar-refractivity contribution >= 4 is 0 Å². The number of hydrogen-bond acceptors (Lipinski definition) is 3. The minimum Gasteiger partial charge on any atom is -0.385 e. The van der Waals surface area contributed by atoms with Gasteiger partial charge in [0.1, 0.15) is 11.9 Å². The summed E-state index contributed by atoms with van der Waals surface area (Å²) in [5.74, 6) is 0.729. The Bertz CT molecular complexity index is 260. The number of nitrogens with zero attached hydrogens (tertiary/aromatic N) is 2. The Morgan fingerprint density at radius 2 is 2.36 bits per heavy atom. The van der Waals surface area contributed by atoms with E-state index >= 15 is 0 Å². The number of aliphatic hydroxyl groups excluding tert-OH is 1. The smallest absolute Gasteiger partial charge is 0.137 e. The van der Waals surface area contributed by atoms with E-state index in [0.717, 1.165) is 12.4 Å². The summed E-state index contributed by atoms with van der Waals surface area (Å²) in [4.78, 5) is 4.12. The fourth-order valence-electron chi connectivity index (χ4n) is 1.35. The summed E-state index contributed by atoms with van der Waals surface area (Å²) in [6.07, 6.45) is 3.67. The van der Waals surface area contributed by atoms with Crippen LogP contribution in [-0.4, -0.2) is 27.9 Å². The van der Waals surface area contributed by atoms with Crippen LogP contribution >= 0.6 is 0 Å². The van der Waals surface area contributed by atoms with E-state index in [2.05, 4.69) is 4.98 Å². The molecule has 1 aromatic rings. The number of aromatic nitrogens is 2. The zero-order valence-electron chi connectivity index (χ0n) is 8.81. The fraction of sp³-hybridized carbons (Fsp3) is 0.700. The lowest BCUT2D eigenvalue weighted by Gasteiger charge is -2.11. The molecule has 0 aliphatic rings. The van der Waals surface area contributed by atoms with Gasteiger partial charge in [0.05, 0.1) is 0 Å². The maximum Gasteiger partial charge on any atom is 0.137 e. The van der Waals surface area contributed by atoms with Gasteiger partial charge in [-0.3, -0.25) is 0 Å². The second-order valence-electron chi connectivity index (χ2n) is 3.07. The van der Waals surface area contributed by atoms with Crippen molar-refractivity contribution in [3.05, 3.63) is 18.2 Å². The summed E-state index contributed by atoms with van der Waals surface area (Å²) in [6.45, 7) is 6.07. The van der Waals surface area contributed by atoms with Crippen LogP contribution in [0.5, 0.6) is 0 Å². The predicted molar refractivity (Wildman–Crippen MR) is 54.0 cm³/mol. The predicted octanol–water partition coefficient (Wildman–Crippen LogP) is 1.36. The molecule has 0 spiro atoms. The molecule has 0 bridgehead atoms. The van der Waals surface area contributed by atoms with E-state index in [1.54, 1.807) is 6.20 Å². The number of aryl methyl sites for hydroxylation is 1. The lowest BCUT2D eigenvalue weighted by Crippen LogP contribution is -2.10. The molecule has 0 aliphatic heterocycles. The molecule has 80 valence electrons. The molecule has 0 aliphatic carbocycles. The number of rotatable bonds is 6. The van der Waals surface area contributed by atoms with Gasteiger partial charge in [-0.15, -0.1) is 0 Å². The molecule has 1 aromatic heterocycles. The maximum absolute atomic E-state index is 9.78. The van der Waals surface area contributed by atoms with Crippen LogP contribution in [0, 0.1) is 0 Å². The van der Waals surface area contributed by atoms with E-state index in [4.69, 9.17) is 4.74 Å². The van der Waals surface area contributed by atoms with E-state index in [-0.39, 0.29) is 0 Å². The molecule has 0 fully saturated rings. The zero-order valence-corrected chi connectivity index (χ0v) is 8.81. The minimum atomic E-state index is -0.517. The summed E-state index contributed by atoms with van der Waals surface area (Å²) >= 11 is 0. The Morgan fingerprint density at radius 3 is 3.00 bits per heavy atom. The number of hydrogen-bond donors (Lipinski definition) is 1. The Hall–Kier alpha value is -0.870. The van der Waals surface area contributed by atoms with Gasteiger partial charge < -0.3 is 14.4 Å². The van der Waals surface area contributed by atoms with Crippen LogP contribution in [0.3, 0.4) is 0 Å². The van der Waals surface area contributed by atoms with Gasteiger partial charge in [-0.25, -0.2) is 4.98 Å². The first-order valence-corrected chi connectivity index (χ1v) is 5.06. The van der Waals surface area contributed by atoms with Crippen LogP contribution in [0.2, 0.25) is 0 Å². The van der Waals surface area contributed by atoms with Gasteiger partial charge in [-0.05, 0) is 13.8 Å². The molecule has 14 heavy (non-hydrogen) atoms. The lowest BCUT2D eigenvalue weighted by molar-refractivity contribution is 0.0826.